The predicted molar refractivity (Wildman–Crippen MR) is 159 cm³/mol. The fraction of sp³-hybridized carbons (Fsp3) is 0.194. The second kappa shape index (κ2) is 12.3. The summed E-state index contributed by atoms with van der Waals surface area (Å²) in [6.07, 6.45) is 0.676. The van der Waals surface area contributed by atoms with Crippen molar-refractivity contribution in [3.63, 3.8) is 0 Å². The summed E-state index contributed by atoms with van der Waals surface area (Å²) in [5, 5.41) is 12.3. The molecule has 0 radical (unpaired) electrons. The molecule has 0 aliphatic heterocycles. The highest BCUT2D eigenvalue weighted by molar-refractivity contribution is 6.14. The maximum atomic E-state index is 13.4. The van der Waals surface area contributed by atoms with Gasteiger partial charge in [-0.15, -0.1) is 5.10 Å². The number of hydrogen-bond donors (Lipinski definition) is 3. The zero-order valence-electron chi connectivity index (χ0n) is 24.1. The molecule has 0 fully saturated rings. The molecule has 0 aliphatic carbocycles. The summed E-state index contributed by atoms with van der Waals surface area (Å²) in [7, 11) is 1.72. The van der Waals surface area contributed by atoms with Gasteiger partial charge in [0.25, 0.3) is 17.7 Å². The molecule has 3 amide bonds. The van der Waals surface area contributed by atoms with Crippen LogP contribution in [0.15, 0.2) is 83.4 Å². The number of furan rings is 1. The van der Waals surface area contributed by atoms with E-state index in [0.717, 1.165) is 10.2 Å². The van der Waals surface area contributed by atoms with Gasteiger partial charge in [-0.1, -0.05) is 42.5 Å². The molecule has 0 aliphatic rings. The lowest BCUT2D eigenvalue weighted by atomic mass is 9.94. The van der Waals surface area contributed by atoms with E-state index in [1.54, 1.807) is 48.1 Å². The molecule has 3 aromatic heterocycles. The molecular weight excluding hydrogens is 571 g/mol. The highest BCUT2D eigenvalue weighted by Gasteiger charge is 2.29. The van der Waals surface area contributed by atoms with Gasteiger partial charge in [0.1, 0.15) is 24.5 Å². The number of carbonyl (C=O) groups excluding carboxylic acids is 4. The lowest BCUT2D eigenvalue weighted by Crippen LogP contribution is -2.40. The number of aryl methyl sites for hydroxylation is 1. The van der Waals surface area contributed by atoms with Crippen molar-refractivity contribution in [3.05, 3.63) is 102 Å². The van der Waals surface area contributed by atoms with E-state index in [1.165, 1.54) is 12.1 Å². The van der Waals surface area contributed by atoms with E-state index >= 15 is 0 Å². The predicted octanol–water partition coefficient (Wildman–Crippen LogP) is 5.09. The SMILES string of the molecule is Cn1cccc1C(=O)Nc1ccccc1C(=O)Nc1nn(C(=O)OCCF)c2cc(C(=O)NC(C)(C)c3ccccc3)oc12. The highest BCUT2D eigenvalue weighted by atomic mass is 19.1. The Morgan fingerprint density at radius 2 is 1.66 bits per heavy atom. The average Bonchev–Trinajstić information content (AvgIpc) is 3.72. The Hall–Kier alpha value is -5.72. The van der Waals surface area contributed by atoms with E-state index in [9.17, 15) is 23.6 Å². The first-order chi connectivity index (χ1) is 21.1. The van der Waals surface area contributed by atoms with E-state index in [1.807, 2.05) is 44.2 Å². The number of nitrogens with one attached hydrogen (secondary N) is 3. The Morgan fingerprint density at radius 3 is 2.36 bits per heavy atom. The molecule has 0 saturated carbocycles. The van der Waals surface area contributed by atoms with Crippen LogP contribution in [-0.2, 0) is 17.3 Å². The molecule has 12 nitrogen and oxygen atoms in total. The summed E-state index contributed by atoms with van der Waals surface area (Å²) in [4.78, 5) is 52.2. The second-order valence-corrected chi connectivity index (χ2v) is 10.3. The molecule has 0 saturated heterocycles. The van der Waals surface area contributed by atoms with E-state index in [-0.39, 0.29) is 33.9 Å². The molecule has 5 rings (SSSR count). The highest BCUT2D eigenvalue weighted by Crippen LogP contribution is 2.29. The van der Waals surface area contributed by atoms with Crippen LogP contribution in [0.1, 0.15) is 50.8 Å². The number of anilines is 2. The molecular formula is C31H29FN6O6. The molecule has 3 N–H and O–H groups in total. The van der Waals surface area contributed by atoms with Gasteiger partial charge in [0, 0.05) is 19.3 Å². The molecule has 0 atom stereocenters. The molecule has 0 unspecified atom stereocenters. The molecule has 3 heterocycles. The van der Waals surface area contributed by atoms with Crippen molar-refractivity contribution in [2.24, 2.45) is 7.05 Å². The Labute approximate surface area is 250 Å². The number of alkyl halides is 1. The van der Waals surface area contributed by atoms with E-state index in [0.29, 0.717) is 5.69 Å². The van der Waals surface area contributed by atoms with Crippen LogP contribution >= 0.6 is 0 Å². The third kappa shape index (κ3) is 6.07. The number of aromatic nitrogens is 3. The molecule has 226 valence electrons. The summed E-state index contributed by atoms with van der Waals surface area (Å²) in [5.74, 6) is -2.08. The maximum Gasteiger partial charge on any atom is 0.435 e. The van der Waals surface area contributed by atoms with Gasteiger partial charge in [-0.3, -0.25) is 14.4 Å². The van der Waals surface area contributed by atoms with Gasteiger partial charge < -0.3 is 29.7 Å². The molecule has 0 bridgehead atoms. The standard InChI is InChI=1S/C31H29FN6O6/c1-31(2,19-10-5-4-6-11-19)35-29(41)24-18-23-25(44-24)26(36-38(23)30(42)43-17-15-32)34-27(39)20-12-7-8-13-21(20)33-28(40)22-14-9-16-37(22)3/h4-14,16,18H,15,17H2,1-3H3,(H,33,40)(H,35,41)(H,34,36,39). The first kappa shape index (κ1) is 29.8. The lowest BCUT2D eigenvalue weighted by Gasteiger charge is -2.26. The average molecular weight is 601 g/mol. The molecule has 0 spiro atoms. The Bertz CT molecular complexity index is 1860. The number of rotatable bonds is 9. The number of fused-ring (bicyclic) bond motifs is 1. The molecule has 13 heteroatoms. The van der Waals surface area contributed by atoms with Gasteiger partial charge in [0.05, 0.1) is 16.8 Å². The largest absolute Gasteiger partial charge is 0.445 e. The quantitative estimate of drug-likeness (QED) is 0.213. The summed E-state index contributed by atoms with van der Waals surface area (Å²) in [6, 6.07) is 20.2. The van der Waals surface area contributed by atoms with Gasteiger partial charge in [0.2, 0.25) is 0 Å². The van der Waals surface area contributed by atoms with E-state index in [2.05, 4.69) is 21.0 Å². The summed E-state index contributed by atoms with van der Waals surface area (Å²) < 4.78 is 25.8. The Morgan fingerprint density at radius 1 is 0.932 bits per heavy atom. The van der Waals surface area contributed by atoms with Gasteiger partial charge in [-0.25, -0.2) is 9.18 Å². The number of amides is 3. The first-order valence-electron chi connectivity index (χ1n) is 13.6. The zero-order chi connectivity index (χ0) is 31.4. The van der Waals surface area contributed by atoms with Gasteiger partial charge >= 0.3 is 6.09 Å². The summed E-state index contributed by atoms with van der Waals surface area (Å²) >= 11 is 0. The van der Waals surface area contributed by atoms with Crippen molar-refractivity contribution in [3.8, 4) is 0 Å². The maximum absolute atomic E-state index is 13.4. The first-order valence-corrected chi connectivity index (χ1v) is 13.6. The van der Waals surface area contributed by atoms with Crippen molar-refractivity contribution in [2.75, 3.05) is 23.9 Å². The lowest BCUT2D eigenvalue weighted by molar-refractivity contribution is 0.0884. The van der Waals surface area contributed by atoms with Crippen molar-refractivity contribution >= 4 is 46.4 Å². The van der Waals surface area contributed by atoms with Gasteiger partial charge in [-0.05, 0) is 43.7 Å². The van der Waals surface area contributed by atoms with Crippen LogP contribution in [0.2, 0.25) is 0 Å². The minimum absolute atomic E-state index is 0.0112. The van der Waals surface area contributed by atoms with Crippen molar-refractivity contribution < 1.29 is 32.7 Å². The third-order valence-electron chi connectivity index (χ3n) is 6.80. The Balaban J connectivity index is 1.45. The minimum Gasteiger partial charge on any atom is -0.445 e. The monoisotopic (exact) mass is 600 g/mol. The van der Waals surface area contributed by atoms with E-state index < -0.39 is 42.6 Å². The molecule has 5 aromatic rings. The van der Waals surface area contributed by atoms with Crippen LogP contribution in [0.3, 0.4) is 0 Å². The van der Waals surface area contributed by atoms with Crippen LogP contribution in [0.5, 0.6) is 0 Å². The summed E-state index contributed by atoms with van der Waals surface area (Å²) in [6.45, 7) is 2.20. The van der Waals surface area contributed by atoms with Crippen LogP contribution in [-0.4, -0.2) is 51.4 Å². The van der Waals surface area contributed by atoms with Crippen LogP contribution < -0.4 is 16.0 Å². The smallest absolute Gasteiger partial charge is 0.435 e. The number of nitrogens with zero attached hydrogens (tertiary/aromatic N) is 3. The van der Waals surface area contributed by atoms with Crippen molar-refractivity contribution in [2.45, 2.75) is 19.4 Å². The fourth-order valence-corrected chi connectivity index (χ4v) is 4.55. The number of para-hydroxylation sites is 1. The normalized spacial score (nSPS) is 11.3. The van der Waals surface area contributed by atoms with Crippen LogP contribution in [0, 0.1) is 0 Å². The molecule has 2 aromatic carbocycles. The summed E-state index contributed by atoms with van der Waals surface area (Å²) in [5.41, 5.74) is 0.665. The number of halogens is 1. The van der Waals surface area contributed by atoms with E-state index in [4.69, 9.17) is 9.15 Å². The fourth-order valence-electron chi connectivity index (χ4n) is 4.55. The number of ether oxygens (including phenoxy) is 1. The topological polar surface area (TPSA) is 149 Å². The third-order valence-corrected chi connectivity index (χ3v) is 6.80. The van der Waals surface area contributed by atoms with Gasteiger partial charge in [0.15, 0.2) is 17.2 Å². The number of benzene rings is 2. The van der Waals surface area contributed by atoms with Gasteiger partial charge in [-0.2, -0.15) is 4.68 Å². The van der Waals surface area contributed by atoms with Crippen LogP contribution in [0.4, 0.5) is 20.7 Å². The van der Waals surface area contributed by atoms with Crippen molar-refractivity contribution in [1.82, 2.24) is 19.7 Å². The second-order valence-electron chi connectivity index (χ2n) is 10.3. The minimum atomic E-state index is -1.04. The Kier molecular flexibility index (Phi) is 8.29. The zero-order valence-corrected chi connectivity index (χ0v) is 24.1. The van der Waals surface area contributed by atoms with Crippen LogP contribution in [0.25, 0.3) is 11.1 Å². The number of hydrogen-bond acceptors (Lipinski definition) is 7. The number of carbonyl (C=O) groups is 4. The molecule has 44 heavy (non-hydrogen) atoms. The van der Waals surface area contributed by atoms with Crippen molar-refractivity contribution in [1.29, 1.82) is 0 Å².